The van der Waals surface area contributed by atoms with E-state index in [1.165, 1.54) is 18.7 Å². The minimum Gasteiger partial charge on any atom is -0.497 e. The van der Waals surface area contributed by atoms with Gasteiger partial charge in [0, 0.05) is 12.5 Å². The number of nitrogens with zero attached hydrogens (tertiary/aromatic N) is 3. The van der Waals surface area contributed by atoms with E-state index in [9.17, 15) is 4.79 Å². The van der Waals surface area contributed by atoms with Gasteiger partial charge in [-0.25, -0.2) is 5.10 Å². The maximum Gasteiger partial charge on any atom is 0.308 e. The second-order valence-corrected chi connectivity index (χ2v) is 6.03. The Balaban J connectivity index is 1.94. The van der Waals surface area contributed by atoms with E-state index in [0.29, 0.717) is 27.8 Å². The zero-order valence-electron chi connectivity index (χ0n) is 15.5. The van der Waals surface area contributed by atoms with Crippen molar-refractivity contribution in [2.45, 2.75) is 6.92 Å². The third kappa shape index (κ3) is 4.26. The first kappa shape index (κ1) is 19.3. The van der Waals surface area contributed by atoms with Gasteiger partial charge in [-0.15, -0.1) is 0 Å². The van der Waals surface area contributed by atoms with Crippen molar-refractivity contribution >= 4 is 24.4 Å². The Hall–Kier alpha value is -3.46. The van der Waals surface area contributed by atoms with E-state index in [1.54, 1.807) is 31.5 Å². The van der Waals surface area contributed by atoms with Gasteiger partial charge in [0.2, 0.25) is 4.77 Å². The second kappa shape index (κ2) is 8.49. The lowest BCUT2D eigenvalue weighted by molar-refractivity contribution is -0.132. The smallest absolute Gasteiger partial charge is 0.308 e. The molecule has 1 N–H and O–H groups in total. The van der Waals surface area contributed by atoms with Crippen LogP contribution in [-0.2, 0) is 4.79 Å². The Morgan fingerprint density at radius 2 is 2.00 bits per heavy atom. The van der Waals surface area contributed by atoms with Crippen molar-refractivity contribution in [3.05, 3.63) is 52.8 Å². The number of nitrogens with one attached hydrogen (secondary N) is 1. The molecular formula is C19H18N4O4S. The van der Waals surface area contributed by atoms with Crippen LogP contribution < -0.4 is 14.2 Å². The summed E-state index contributed by atoms with van der Waals surface area (Å²) in [7, 11) is 3.09. The van der Waals surface area contributed by atoms with E-state index >= 15 is 0 Å². The third-order valence-electron chi connectivity index (χ3n) is 3.74. The largest absolute Gasteiger partial charge is 0.497 e. The molecule has 28 heavy (non-hydrogen) atoms. The van der Waals surface area contributed by atoms with E-state index in [-0.39, 0.29) is 0 Å². The molecule has 9 heteroatoms. The Morgan fingerprint density at radius 3 is 2.71 bits per heavy atom. The Morgan fingerprint density at radius 1 is 1.18 bits per heavy atom. The molecule has 3 aromatic rings. The Labute approximate surface area is 166 Å². The van der Waals surface area contributed by atoms with Gasteiger partial charge >= 0.3 is 5.97 Å². The average molecular weight is 398 g/mol. The van der Waals surface area contributed by atoms with Gasteiger partial charge < -0.3 is 14.2 Å². The number of carbonyl (C=O) groups is 1. The van der Waals surface area contributed by atoms with Gasteiger partial charge in [-0.3, -0.25) is 4.79 Å². The number of methoxy groups -OCH3 is 2. The molecule has 0 aliphatic carbocycles. The van der Waals surface area contributed by atoms with Crippen LogP contribution in [0.3, 0.4) is 0 Å². The molecule has 8 nitrogen and oxygen atoms in total. The van der Waals surface area contributed by atoms with E-state index in [4.69, 9.17) is 26.4 Å². The number of rotatable bonds is 6. The molecule has 0 unspecified atom stereocenters. The van der Waals surface area contributed by atoms with Crippen LogP contribution in [0.2, 0.25) is 0 Å². The first-order valence-electron chi connectivity index (χ1n) is 8.24. The summed E-state index contributed by atoms with van der Waals surface area (Å²) in [5, 5.41) is 11.4. The predicted molar refractivity (Wildman–Crippen MR) is 107 cm³/mol. The Bertz CT molecular complexity index is 1090. The van der Waals surface area contributed by atoms with Crippen molar-refractivity contribution in [3.63, 3.8) is 0 Å². The first-order valence-corrected chi connectivity index (χ1v) is 8.65. The number of ether oxygens (including phenoxy) is 3. The number of benzene rings is 2. The van der Waals surface area contributed by atoms with Crippen LogP contribution in [0, 0.1) is 4.77 Å². The fourth-order valence-electron chi connectivity index (χ4n) is 2.48. The minimum absolute atomic E-state index is 0.337. The molecule has 0 aliphatic rings. The molecule has 0 fully saturated rings. The van der Waals surface area contributed by atoms with Crippen molar-refractivity contribution in [1.82, 2.24) is 14.9 Å². The fraction of sp³-hybridized carbons (Fsp3) is 0.158. The number of carbonyl (C=O) groups excluding carboxylic acids is 1. The molecule has 3 rings (SSSR count). The number of aromatic amines is 1. The molecule has 144 valence electrons. The van der Waals surface area contributed by atoms with Crippen LogP contribution in [0.1, 0.15) is 12.5 Å². The lowest BCUT2D eigenvalue weighted by atomic mass is 10.2. The molecule has 2 aromatic carbocycles. The highest BCUT2D eigenvalue weighted by Crippen LogP contribution is 2.28. The molecule has 0 aliphatic heterocycles. The topological polar surface area (TPSA) is 90.7 Å². The molecule has 0 amide bonds. The van der Waals surface area contributed by atoms with Gasteiger partial charge in [0.25, 0.3) is 0 Å². The molecule has 0 radical (unpaired) electrons. The summed E-state index contributed by atoms with van der Waals surface area (Å²) < 4.78 is 17.5. The van der Waals surface area contributed by atoms with Crippen molar-refractivity contribution in [3.8, 4) is 28.6 Å². The number of aromatic nitrogens is 3. The monoisotopic (exact) mass is 398 g/mol. The normalized spacial score (nSPS) is 10.8. The maximum absolute atomic E-state index is 11.2. The highest BCUT2D eigenvalue weighted by atomic mass is 32.1. The highest BCUT2D eigenvalue weighted by molar-refractivity contribution is 7.71. The van der Waals surface area contributed by atoms with Crippen LogP contribution in [0.4, 0.5) is 0 Å². The number of esters is 1. The molecule has 0 atom stereocenters. The summed E-state index contributed by atoms with van der Waals surface area (Å²) in [6.07, 6.45) is 1.61. The van der Waals surface area contributed by atoms with Gasteiger partial charge in [0.1, 0.15) is 5.75 Å². The van der Waals surface area contributed by atoms with E-state index in [1.807, 2.05) is 24.3 Å². The van der Waals surface area contributed by atoms with Gasteiger partial charge in [-0.1, -0.05) is 12.1 Å². The SMILES string of the molecule is COc1cccc(-c2n[nH]c(=S)n2/N=C\c2ccc(OC(C)=O)c(OC)c2)c1. The van der Waals surface area contributed by atoms with Gasteiger partial charge in [0.05, 0.1) is 20.4 Å². The zero-order chi connectivity index (χ0) is 20.1. The zero-order valence-corrected chi connectivity index (χ0v) is 16.3. The molecule has 1 heterocycles. The highest BCUT2D eigenvalue weighted by Gasteiger charge is 2.10. The van der Waals surface area contributed by atoms with Crippen LogP contribution in [0.5, 0.6) is 17.2 Å². The first-order chi connectivity index (χ1) is 13.5. The lowest BCUT2D eigenvalue weighted by Gasteiger charge is -2.08. The maximum atomic E-state index is 11.2. The summed E-state index contributed by atoms with van der Waals surface area (Å²) in [6.45, 7) is 1.33. The predicted octanol–water partition coefficient (Wildman–Crippen LogP) is 3.43. The van der Waals surface area contributed by atoms with E-state index in [2.05, 4.69) is 15.3 Å². The summed E-state index contributed by atoms with van der Waals surface area (Å²) in [5.74, 6) is 1.58. The lowest BCUT2D eigenvalue weighted by Crippen LogP contribution is -2.03. The molecule has 0 saturated carbocycles. The molecule has 0 bridgehead atoms. The van der Waals surface area contributed by atoms with E-state index in [0.717, 1.165) is 11.1 Å². The van der Waals surface area contributed by atoms with Crippen molar-refractivity contribution in [2.75, 3.05) is 14.2 Å². The van der Waals surface area contributed by atoms with Crippen molar-refractivity contribution < 1.29 is 19.0 Å². The van der Waals surface area contributed by atoms with E-state index < -0.39 is 5.97 Å². The fourth-order valence-corrected chi connectivity index (χ4v) is 2.66. The van der Waals surface area contributed by atoms with Crippen molar-refractivity contribution in [1.29, 1.82) is 0 Å². The summed E-state index contributed by atoms with van der Waals surface area (Å²) in [6, 6.07) is 12.5. The summed E-state index contributed by atoms with van der Waals surface area (Å²) in [4.78, 5) is 11.2. The van der Waals surface area contributed by atoms with Crippen LogP contribution >= 0.6 is 12.2 Å². The summed E-state index contributed by atoms with van der Waals surface area (Å²) >= 11 is 5.28. The van der Waals surface area contributed by atoms with Crippen LogP contribution in [0.15, 0.2) is 47.6 Å². The molecular weight excluding hydrogens is 380 g/mol. The molecule has 0 spiro atoms. The molecule has 0 saturated heterocycles. The minimum atomic E-state index is -0.424. The van der Waals surface area contributed by atoms with Gasteiger partial charge in [-0.2, -0.15) is 14.9 Å². The van der Waals surface area contributed by atoms with Crippen LogP contribution in [0.25, 0.3) is 11.4 Å². The average Bonchev–Trinajstić information content (AvgIpc) is 3.07. The number of hydrogen-bond donors (Lipinski definition) is 1. The van der Waals surface area contributed by atoms with Crippen molar-refractivity contribution in [2.24, 2.45) is 5.10 Å². The molecule has 1 aromatic heterocycles. The number of hydrogen-bond acceptors (Lipinski definition) is 7. The van der Waals surface area contributed by atoms with Gasteiger partial charge in [-0.05, 0) is 48.1 Å². The quantitative estimate of drug-likeness (QED) is 0.296. The Kier molecular flexibility index (Phi) is 5.85. The second-order valence-electron chi connectivity index (χ2n) is 5.64. The van der Waals surface area contributed by atoms with Crippen LogP contribution in [-0.4, -0.2) is 41.3 Å². The standard InChI is InChI=1S/C19H18N4O4S/c1-12(24)27-16-8-7-13(9-17(16)26-3)11-20-23-18(21-22-19(23)28)14-5-4-6-15(10-14)25-2/h4-11H,1-3H3,(H,22,28)/b20-11-. The number of H-pyrrole nitrogens is 1. The van der Waals surface area contributed by atoms with Gasteiger partial charge in [0.15, 0.2) is 17.3 Å². The summed E-state index contributed by atoms with van der Waals surface area (Å²) in [5.41, 5.74) is 1.53. The third-order valence-corrected chi connectivity index (χ3v) is 4.01.